The molecule has 0 fully saturated rings. The Morgan fingerprint density at radius 3 is 2.12 bits per heavy atom. The summed E-state index contributed by atoms with van der Waals surface area (Å²) in [6, 6.07) is 23.1. The van der Waals surface area contributed by atoms with Gasteiger partial charge in [-0.3, -0.25) is 24.0 Å². The van der Waals surface area contributed by atoms with Crippen molar-refractivity contribution in [2.24, 2.45) is 29.0 Å². The number of nitrogens with one attached hydrogen (secondary N) is 1. The average molecular weight is 838 g/mol. The van der Waals surface area contributed by atoms with Gasteiger partial charge in [-0.2, -0.15) is 0 Å². The predicted octanol–water partition coefficient (Wildman–Crippen LogP) is 6.09. The summed E-state index contributed by atoms with van der Waals surface area (Å²) in [6.45, 7) is 4.34. The molecule has 1 aliphatic rings. The van der Waals surface area contributed by atoms with Gasteiger partial charge >= 0.3 is 0 Å². The molecule has 0 saturated carbocycles. The zero-order valence-corrected chi connectivity index (χ0v) is 35.3. The minimum absolute atomic E-state index is 0.115. The maximum absolute atomic E-state index is 14.9. The number of hydrogen-bond acceptors (Lipinski definition) is 10. The second-order valence-corrected chi connectivity index (χ2v) is 15.8. The lowest BCUT2D eigenvalue weighted by Gasteiger charge is -2.32. The largest absolute Gasteiger partial charge is 0.492 e. The quantitative estimate of drug-likeness (QED) is 0.0713. The lowest BCUT2D eigenvalue weighted by atomic mass is 9.87. The van der Waals surface area contributed by atoms with Gasteiger partial charge in [0.05, 0.1) is 6.04 Å². The molecule has 1 heterocycles. The molecular weight excluding hydrogens is 782 g/mol. The number of ether oxygens (including phenoxy) is 2. The van der Waals surface area contributed by atoms with Crippen LogP contribution in [0.4, 0.5) is 0 Å². The van der Waals surface area contributed by atoms with Gasteiger partial charge in [-0.05, 0) is 91.4 Å². The van der Waals surface area contributed by atoms with Gasteiger partial charge in [0, 0.05) is 66.5 Å². The molecule has 4 atom stereocenters. The lowest BCUT2D eigenvalue weighted by molar-refractivity contribution is -0.142. The highest BCUT2D eigenvalue weighted by Crippen LogP contribution is 2.41. The van der Waals surface area contributed by atoms with Crippen LogP contribution in [-0.4, -0.2) is 80.0 Å². The summed E-state index contributed by atoms with van der Waals surface area (Å²) in [6.07, 6.45) is 1.42. The third-order valence-corrected chi connectivity index (χ3v) is 11.1. The second kappa shape index (κ2) is 21.7. The van der Waals surface area contributed by atoms with Crippen molar-refractivity contribution >= 4 is 40.8 Å². The average Bonchev–Trinajstić information content (AvgIpc) is 3.24. The normalized spacial score (nSPS) is 17.2. The summed E-state index contributed by atoms with van der Waals surface area (Å²) in [5.41, 5.74) is 21.9. The Morgan fingerprint density at radius 2 is 1.47 bits per heavy atom. The van der Waals surface area contributed by atoms with Gasteiger partial charge in [-0.1, -0.05) is 73.5 Å². The molecule has 1 aliphatic heterocycles. The van der Waals surface area contributed by atoms with Crippen molar-refractivity contribution in [3.05, 3.63) is 107 Å². The van der Waals surface area contributed by atoms with E-state index in [9.17, 15) is 24.0 Å². The Morgan fingerprint density at radius 1 is 0.817 bits per heavy atom. The molecule has 5 rings (SSSR count). The van der Waals surface area contributed by atoms with Crippen molar-refractivity contribution in [1.29, 1.82) is 0 Å². The number of ketones is 3. The Hall–Kier alpha value is -5.40. The van der Waals surface area contributed by atoms with E-state index in [1.165, 1.54) is 11.8 Å². The fourth-order valence-electron chi connectivity index (χ4n) is 7.61. The van der Waals surface area contributed by atoms with Crippen LogP contribution in [0.15, 0.2) is 84.9 Å². The number of nitrogens with two attached hydrogens (primary N) is 3. The molecular formula is C47H56ClN5O7. The van der Waals surface area contributed by atoms with Gasteiger partial charge < -0.3 is 36.9 Å². The minimum Gasteiger partial charge on any atom is -0.492 e. The number of fused-ring (bicyclic) bond motifs is 5. The van der Waals surface area contributed by atoms with Crippen molar-refractivity contribution in [1.82, 2.24) is 10.2 Å². The molecule has 0 aromatic heterocycles. The Kier molecular flexibility index (Phi) is 16.5. The third-order valence-electron chi connectivity index (χ3n) is 10.8. The lowest BCUT2D eigenvalue weighted by Crippen LogP contribution is -2.45. The van der Waals surface area contributed by atoms with Crippen molar-refractivity contribution in [2.75, 3.05) is 39.9 Å². The van der Waals surface area contributed by atoms with E-state index in [2.05, 4.69) is 5.32 Å². The molecule has 0 radical (unpaired) electrons. The number of likely N-dealkylation sites (N-methyl/N-ethyl adjacent to an activating group) is 1. The summed E-state index contributed by atoms with van der Waals surface area (Å²) in [5.74, 6) is -2.45. The number of carbonyl (C=O) groups excluding carboxylic acids is 5. The van der Waals surface area contributed by atoms with Crippen molar-refractivity contribution in [3.8, 4) is 33.8 Å². The Balaban J connectivity index is 1.62. The van der Waals surface area contributed by atoms with Crippen LogP contribution in [0.2, 0.25) is 5.02 Å². The Labute approximate surface area is 357 Å². The maximum atomic E-state index is 14.9. The number of nitrogens with zero attached hydrogens (tertiary/aromatic N) is 1. The van der Waals surface area contributed by atoms with Crippen LogP contribution in [0.5, 0.6) is 11.5 Å². The fraction of sp³-hybridized carbons (Fsp3) is 0.383. The van der Waals surface area contributed by atoms with Crippen LogP contribution >= 0.6 is 11.6 Å². The van der Waals surface area contributed by atoms with Gasteiger partial charge in [-0.25, -0.2) is 0 Å². The zero-order valence-electron chi connectivity index (χ0n) is 34.6. The van der Waals surface area contributed by atoms with Crippen LogP contribution in [-0.2, 0) is 25.6 Å². The number of hydrogen-bond donors (Lipinski definition) is 4. The van der Waals surface area contributed by atoms with Gasteiger partial charge in [-0.15, -0.1) is 0 Å². The van der Waals surface area contributed by atoms with Gasteiger partial charge in [0.1, 0.15) is 30.8 Å². The summed E-state index contributed by atoms with van der Waals surface area (Å²) < 4.78 is 12.2. The number of benzene rings is 4. The number of amides is 2. The van der Waals surface area contributed by atoms with Crippen molar-refractivity contribution < 1.29 is 33.4 Å². The molecule has 0 saturated heterocycles. The molecule has 4 aromatic carbocycles. The summed E-state index contributed by atoms with van der Waals surface area (Å²) in [7, 11) is 1.56. The highest BCUT2D eigenvalue weighted by Gasteiger charge is 2.36. The first kappa shape index (κ1) is 45.7. The van der Waals surface area contributed by atoms with Gasteiger partial charge in [0.15, 0.2) is 17.3 Å². The first-order chi connectivity index (χ1) is 28.9. The van der Waals surface area contributed by atoms with Gasteiger partial charge in [0.2, 0.25) is 11.8 Å². The van der Waals surface area contributed by atoms with E-state index in [4.69, 9.17) is 38.3 Å². The summed E-state index contributed by atoms with van der Waals surface area (Å²) in [4.78, 5) is 71.7. The van der Waals surface area contributed by atoms with E-state index >= 15 is 0 Å². The monoisotopic (exact) mass is 837 g/mol. The molecule has 318 valence electrons. The predicted molar refractivity (Wildman–Crippen MR) is 234 cm³/mol. The van der Waals surface area contributed by atoms with E-state index in [-0.39, 0.29) is 57.1 Å². The number of Topliss-reactive ketones (excluding diaryl/α,β-unsaturated/α-hetero) is 3. The van der Waals surface area contributed by atoms with E-state index < -0.39 is 41.5 Å². The van der Waals surface area contributed by atoms with Crippen molar-refractivity contribution in [2.45, 2.75) is 64.5 Å². The minimum atomic E-state index is -1.17. The molecule has 12 nitrogen and oxygen atoms in total. The number of rotatable bonds is 17. The summed E-state index contributed by atoms with van der Waals surface area (Å²) >= 11 is 6.16. The van der Waals surface area contributed by atoms with Crippen LogP contribution in [0, 0.1) is 11.8 Å². The maximum Gasteiger partial charge on any atom is 0.226 e. The SMILES string of the molecule is CC(=O)[C@@H]1Cc2ccc(OCCN)c(c2)-c2cc(ccc2OCCN)[C@H](N(C)C(=O)[C@H](CCCCN)CC(=O)c2ccccc2-c2ccc(Cl)cc2)C(=O)C[C@@H](C)C(=O)N1. The van der Waals surface area contributed by atoms with E-state index in [1.54, 1.807) is 62.5 Å². The third kappa shape index (κ3) is 11.4. The molecule has 0 aliphatic carbocycles. The first-order valence-corrected chi connectivity index (χ1v) is 20.9. The highest BCUT2D eigenvalue weighted by molar-refractivity contribution is 6.30. The first-order valence-electron chi connectivity index (χ1n) is 20.5. The number of carbonyl (C=O) groups is 5. The zero-order chi connectivity index (χ0) is 43.3. The number of unbranched alkanes of at least 4 members (excludes halogenated alkanes) is 1. The van der Waals surface area contributed by atoms with Crippen LogP contribution < -0.4 is 32.0 Å². The highest BCUT2D eigenvalue weighted by atomic mass is 35.5. The molecule has 0 unspecified atom stereocenters. The Bertz CT molecular complexity index is 2160. The molecule has 60 heavy (non-hydrogen) atoms. The van der Waals surface area contributed by atoms with E-state index in [0.29, 0.717) is 70.1 Å². The van der Waals surface area contributed by atoms with E-state index in [1.807, 2.05) is 36.4 Å². The molecule has 2 amide bonds. The van der Waals surface area contributed by atoms with Crippen LogP contribution in [0.1, 0.15) is 73.5 Å². The van der Waals surface area contributed by atoms with Crippen LogP contribution in [0.25, 0.3) is 22.3 Å². The molecule has 0 spiro atoms. The molecule has 13 heteroatoms. The van der Waals surface area contributed by atoms with Crippen LogP contribution in [0.3, 0.4) is 0 Å². The smallest absolute Gasteiger partial charge is 0.226 e. The van der Waals surface area contributed by atoms with Gasteiger partial charge in [0.25, 0.3) is 0 Å². The molecule has 4 aromatic rings. The summed E-state index contributed by atoms with van der Waals surface area (Å²) in [5, 5.41) is 3.42. The standard InChI is InChI=1S/C47H56ClN5O7/c1-29-24-42(56)45(53(3)47(58)34(8-6-7-19-49)28-41(55)37-10-5-4-9-36(37)32-12-15-35(48)16-13-32)33-14-18-44(60-23-21-51)39(27-33)38-25-31(11-17-43(38)59-22-20-50)26-40(30(2)54)52-46(29)57/h4-5,9-18,25,27,29,34,40,45H,6-8,19-24,26,28,49-51H2,1-3H3,(H,52,57)/t29-,34-,40+,45+/m1/s1. The fourth-order valence-corrected chi connectivity index (χ4v) is 7.74. The molecule has 7 N–H and O–H groups in total. The van der Waals surface area contributed by atoms with E-state index in [0.717, 1.165) is 11.1 Å². The number of halogens is 1. The topological polar surface area (TPSA) is 197 Å². The molecule has 4 bridgehead atoms. The van der Waals surface area contributed by atoms with Crippen molar-refractivity contribution in [3.63, 3.8) is 0 Å². The second-order valence-electron chi connectivity index (χ2n) is 15.3.